The molecule has 7 rings (SSSR count). The molecule has 0 N–H and O–H groups in total. The Morgan fingerprint density at radius 1 is 0.727 bits per heavy atom. The van der Waals surface area contributed by atoms with Gasteiger partial charge in [-0.1, -0.05) is 110 Å². The molecule has 3 nitrogen and oxygen atoms in total. The summed E-state index contributed by atoms with van der Waals surface area (Å²) in [5.74, 6) is 1.05. The van der Waals surface area contributed by atoms with E-state index in [2.05, 4.69) is 66.7 Å². The van der Waals surface area contributed by atoms with Crippen molar-refractivity contribution in [2.45, 2.75) is 54.5 Å². The van der Waals surface area contributed by atoms with Gasteiger partial charge in [-0.05, 0) is 77.6 Å². The summed E-state index contributed by atoms with van der Waals surface area (Å²) in [5.41, 5.74) is 7.27. The second-order valence-corrected chi connectivity index (χ2v) is 12.8. The van der Waals surface area contributed by atoms with Crippen LogP contribution in [-0.2, 0) is 13.0 Å². The molecule has 2 aliphatic rings. The van der Waals surface area contributed by atoms with E-state index in [0.717, 1.165) is 48.3 Å². The Labute approximate surface area is 264 Å². The summed E-state index contributed by atoms with van der Waals surface area (Å²) >= 11 is 1.69. The van der Waals surface area contributed by atoms with Crippen LogP contribution in [0.4, 0.5) is 0 Å². The molecular formula is C40H35NO2S. The number of Topliss-reactive ketones (excluding diaryl/α,β-unsaturated/α-hetero) is 1. The zero-order chi connectivity index (χ0) is 29.7. The lowest BCUT2D eigenvalue weighted by Gasteiger charge is -2.27. The Morgan fingerprint density at radius 2 is 1.39 bits per heavy atom. The van der Waals surface area contributed by atoms with Crippen molar-refractivity contribution in [1.29, 1.82) is 0 Å². The summed E-state index contributed by atoms with van der Waals surface area (Å²) in [6, 6.07) is 43.3. The van der Waals surface area contributed by atoms with Crippen LogP contribution in [0.25, 0.3) is 11.1 Å². The highest BCUT2D eigenvalue weighted by molar-refractivity contribution is 7.99. The Hall–Kier alpha value is -4.41. The van der Waals surface area contributed by atoms with Crippen LogP contribution >= 0.6 is 11.8 Å². The summed E-state index contributed by atoms with van der Waals surface area (Å²) in [6.45, 7) is 0.439. The number of carbonyl (C=O) groups excluding carboxylic acids is 1. The maximum Gasteiger partial charge on any atom is 0.210 e. The van der Waals surface area contributed by atoms with Crippen LogP contribution in [0.2, 0.25) is 0 Å². The molecule has 0 heterocycles. The molecule has 5 aromatic rings. The molecule has 0 amide bonds. The number of fused-ring (bicyclic) bond motifs is 3. The molecule has 0 bridgehead atoms. The van der Waals surface area contributed by atoms with Gasteiger partial charge in [-0.3, -0.25) is 9.79 Å². The third kappa shape index (κ3) is 6.13. The Morgan fingerprint density at radius 3 is 2.16 bits per heavy atom. The van der Waals surface area contributed by atoms with Crippen molar-refractivity contribution in [1.82, 2.24) is 0 Å². The zero-order valence-electron chi connectivity index (χ0n) is 24.7. The van der Waals surface area contributed by atoms with Crippen LogP contribution < -0.4 is 4.74 Å². The third-order valence-electron chi connectivity index (χ3n) is 8.76. The standard InChI is InChI=1S/C40H35NO2S/c42-39(29-22-24-33(25-23-29)44-32-17-5-2-6-18-32)38(41-27-28-12-3-1-4-13-28)40(30-14-7-8-15-30)43-37-21-11-20-35-34-19-10-9-16-31(34)26-36(35)37/h1-6,9-13,16-25,30,40H,7-8,14-15,26-27H2. The molecule has 0 radical (unpaired) electrons. The minimum absolute atomic E-state index is 0.0510. The van der Waals surface area contributed by atoms with Gasteiger partial charge >= 0.3 is 0 Å². The number of rotatable bonds is 10. The van der Waals surface area contributed by atoms with Gasteiger partial charge in [0, 0.05) is 33.3 Å². The van der Waals surface area contributed by atoms with Crippen molar-refractivity contribution in [2.24, 2.45) is 10.9 Å². The number of hydrogen-bond acceptors (Lipinski definition) is 4. The van der Waals surface area contributed by atoms with E-state index in [-0.39, 0.29) is 11.7 Å². The number of ether oxygens (including phenoxy) is 1. The molecule has 44 heavy (non-hydrogen) atoms. The van der Waals surface area contributed by atoms with Gasteiger partial charge in [0.2, 0.25) is 5.78 Å². The van der Waals surface area contributed by atoms with E-state index in [1.165, 1.54) is 27.1 Å². The van der Waals surface area contributed by atoms with Crippen molar-refractivity contribution >= 4 is 23.3 Å². The topological polar surface area (TPSA) is 38.7 Å². The molecule has 0 spiro atoms. The van der Waals surface area contributed by atoms with Crippen molar-refractivity contribution in [3.63, 3.8) is 0 Å². The fraction of sp³-hybridized carbons (Fsp3) is 0.200. The van der Waals surface area contributed by atoms with E-state index in [9.17, 15) is 4.79 Å². The summed E-state index contributed by atoms with van der Waals surface area (Å²) in [5, 5.41) is 0. The quantitative estimate of drug-likeness (QED) is 0.117. The SMILES string of the molecule is O=C(C(=NCc1ccccc1)C(Oc1cccc2c1Cc1ccccc1-2)C1CCCC1)c1ccc(Sc2ccccc2)cc1. The highest BCUT2D eigenvalue weighted by Gasteiger charge is 2.36. The van der Waals surface area contributed by atoms with Gasteiger partial charge in [-0.2, -0.15) is 0 Å². The fourth-order valence-corrected chi connectivity index (χ4v) is 7.35. The highest BCUT2D eigenvalue weighted by atomic mass is 32.2. The fourth-order valence-electron chi connectivity index (χ4n) is 6.51. The summed E-state index contributed by atoms with van der Waals surface area (Å²) < 4.78 is 7.01. The van der Waals surface area contributed by atoms with Crippen molar-refractivity contribution in [3.8, 4) is 16.9 Å². The molecule has 0 aliphatic heterocycles. The molecule has 1 fully saturated rings. The first-order valence-corrected chi connectivity index (χ1v) is 16.4. The van der Waals surface area contributed by atoms with Crippen molar-refractivity contribution < 1.29 is 9.53 Å². The first-order chi connectivity index (χ1) is 21.7. The Bertz CT molecular complexity index is 1770. The lowest BCUT2D eigenvalue weighted by Crippen LogP contribution is -2.39. The van der Waals surface area contributed by atoms with Crippen LogP contribution in [0.1, 0.15) is 52.7 Å². The summed E-state index contributed by atoms with van der Waals surface area (Å²) in [7, 11) is 0. The van der Waals surface area contributed by atoms with Gasteiger partial charge in [-0.15, -0.1) is 0 Å². The second-order valence-electron chi connectivity index (χ2n) is 11.7. The van der Waals surface area contributed by atoms with E-state index in [4.69, 9.17) is 9.73 Å². The first kappa shape index (κ1) is 28.4. The number of hydrogen-bond donors (Lipinski definition) is 0. The minimum Gasteiger partial charge on any atom is -0.483 e. The van der Waals surface area contributed by atoms with Crippen LogP contribution in [-0.4, -0.2) is 17.6 Å². The number of aliphatic imine (C=N–C) groups is 1. The van der Waals surface area contributed by atoms with Crippen LogP contribution in [0.3, 0.4) is 0 Å². The molecule has 218 valence electrons. The van der Waals surface area contributed by atoms with Crippen molar-refractivity contribution in [2.75, 3.05) is 0 Å². The Balaban J connectivity index is 1.23. The minimum atomic E-state index is -0.415. The van der Waals surface area contributed by atoms with E-state index in [0.29, 0.717) is 17.8 Å². The highest BCUT2D eigenvalue weighted by Crippen LogP contribution is 2.42. The number of nitrogens with zero attached hydrogens (tertiary/aromatic N) is 1. The first-order valence-electron chi connectivity index (χ1n) is 15.6. The lowest BCUT2D eigenvalue weighted by atomic mass is 9.91. The normalized spacial score (nSPS) is 15.0. The summed E-state index contributed by atoms with van der Waals surface area (Å²) in [6.07, 6.45) is 4.78. The predicted molar refractivity (Wildman–Crippen MR) is 180 cm³/mol. The molecule has 1 saturated carbocycles. The van der Waals surface area contributed by atoms with E-state index in [1.807, 2.05) is 60.7 Å². The Kier molecular flexibility index (Phi) is 8.43. The van der Waals surface area contributed by atoms with Gasteiger partial charge in [-0.25, -0.2) is 0 Å². The van der Waals surface area contributed by atoms with Gasteiger partial charge in [0.15, 0.2) is 0 Å². The molecule has 4 heteroatoms. The third-order valence-corrected chi connectivity index (χ3v) is 9.78. The monoisotopic (exact) mass is 593 g/mol. The molecular weight excluding hydrogens is 559 g/mol. The van der Waals surface area contributed by atoms with Gasteiger partial charge < -0.3 is 4.74 Å². The number of benzene rings is 5. The molecule has 1 unspecified atom stereocenters. The average Bonchev–Trinajstić information content (AvgIpc) is 3.75. The lowest BCUT2D eigenvalue weighted by molar-refractivity contribution is 0.104. The predicted octanol–water partition coefficient (Wildman–Crippen LogP) is 9.87. The molecule has 5 aromatic carbocycles. The largest absolute Gasteiger partial charge is 0.483 e. The average molecular weight is 594 g/mol. The second kappa shape index (κ2) is 13.1. The van der Waals surface area contributed by atoms with Crippen molar-refractivity contribution in [3.05, 3.63) is 150 Å². The van der Waals surface area contributed by atoms with Crippen LogP contribution in [0.5, 0.6) is 5.75 Å². The van der Waals surface area contributed by atoms with Gasteiger partial charge in [0.25, 0.3) is 0 Å². The zero-order valence-corrected chi connectivity index (χ0v) is 25.5. The molecule has 0 saturated heterocycles. The van der Waals surface area contributed by atoms with E-state index < -0.39 is 6.10 Å². The van der Waals surface area contributed by atoms with E-state index >= 15 is 0 Å². The van der Waals surface area contributed by atoms with Crippen LogP contribution in [0, 0.1) is 5.92 Å². The van der Waals surface area contributed by atoms with Gasteiger partial charge in [0.05, 0.1) is 6.54 Å². The molecule has 1 atom stereocenters. The molecule has 2 aliphatic carbocycles. The maximum atomic E-state index is 14.4. The molecule has 0 aromatic heterocycles. The van der Waals surface area contributed by atoms with E-state index in [1.54, 1.807) is 11.8 Å². The maximum absolute atomic E-state index is 14.4. The smallest absolute Gasteiger partial charge is 0.210 e. The van der Waals surface area contributed by atoms with Crippen LogP contribution in [0.15, 0.2) is 142 Å². The van der Waals surface area contributed by atoms with Gasteiger partial charge in [0.1, 0.15) is 17.6 Å². The number of carbonyl (C=O) groups is 1. The number of ketones is 1. The summed E-state index contributed by atoms with van der Waals surface area (Å²) in [4.78, 5) is 21.8.